The summed E-state index contributed by atoms with van der Waals surface area (Å²) in [6, 6.07) is 0. The number of hydrogen-bond donors (Lipinski definition) is 1. The van der Waals surface area contributed by atoms with Crippen LogP contribution in [0.4, 0.5) is 0 Å². The number of rotatable bonds is 5. The summed E-state index contributed by atoms with van der Waals surface area (Å²) in [6.45, 7) is 2.86. The van der Waals surface area contributed by atoms with E-state index >= 15 is 0 Å². The molecule has 0 aromatic carbocycles. The molecule has 13 heavy (non-hydrogen) atoms. The summed E-state index contributed by atoms with van der Waals surface area (Å²) in [6.07, 6.45) is 1.64. The number of esters is 1. The fraction of sp³-hybridized carbons (Fsp3) is 0.556. The molecule has 74 valence electrons. The van der Waals surface area contributed by atoms with Crippen molar-refractivity contribution in [3.63, 3.8) is 0 Å². The Morgan fingerprint density at radius 2 is 2.08 bits per heavy atom. The summed E-state index contributed by atoms with van der Waals surface area (Å²) in [4.78, 5) is 21.8. The molecule has 0 fully saturated rings. The van der Waals surface area contributed by atoms with Gasteiger partial charge in [0, 0.05) is 12.0 Å². The molecule has 0 aliphatic carbocycles. The topological polar surface area (TPSA) is 63.6 Å². The lowest BCUT2D eigenvalue weighted by molar-refractivity contribution is -0.144. The van der Waals surface area contributed by atoms with Crippen LogP contribution in [0.2, 0.25) is 0 Å². The molecule has 0 aliphatic rings. The molecule has 4 heteroatoms. The van der Waals surface area contributed by atoms with Gasteiger partial charge in [0.05, 0.1) is 6.61 Å². The maximum Gasteiger partial charge on any atom is 0.333 e. The summed E-state index contributed by atoms with van der Waals surface area (Å²) < 4.78 is 4.64. The van der Waals surface area contributed by atoms with Crippen LogP contribution in [0, 0.1) is 0 Å². The van der Waals surface area contributed by atoms with Gasteiger partial charge in [-0.1, -0.05) is 6.08 Å². The minimum atomic E-state index is -0.492. The van der Waals surface area contributed by atoms with E-state index in [1.807, 2.05) is 0 Å². The van der Waals surface area contributed by atoms with Gasteiger partial charge < -0.3 is 9.84 Å². The largest absolute Gasteiger partial charge is 0.454 e. The van der Waals surface area contributed by atoms with Crippen molar-refractivity contribution < 1.29 is 19.4 Å². The highest BCUT2D eigenvalue weighted by atomic mass is 16.5. The van der Waals surface area contributed by atoms with Gasteiger partial charge in [0.25, 0.3) is 0 Å². The smallest absolute Gasteiger partial charge is 0.333 e. The summed E-state index contributed by atoms with van der Waals surface area (Å²) in [5.74, 6) is -0.770. The van der Waals surface area contributed by atoms with Crippen molar-refractivity contribution in [3.05, 3.63) is 11.6 Å². The van der Waals surface area contributed by atoms with Gasteiger partial charge in [-0.05, 0) is 13.8 Å². The Kier molecular flexibility index (Phi) is 5.80. The van der Waals surface area contributed by atoms with E-state index in [0.717, 1.165) is 0 Å². The van der Waals surface area contributed by atoms with E-state index in [9.17, 15) is 9.59 Å². The highest BCUT2D eigenvalue weighted by molar-refractivity contribution is 5.90. The van der Waals surface area contributed by atoms with E-state index in [1.54, 1.807) is 19.9 Å². The second-order valence-corrected chi connectivity index (χ2v) is 2.56. The molecule has 4 nitrogen and oxygen atoms in total. The standard InChI is InChI=1S/C9H14O4/c1-3-7(2)9(12)13-6-8(11)4-5-10/h3,10H,4-6H2,1-2H3. The first-order valence-electron chi connectivity index (χ1n) is 4.04. The number of allylic oxidation sites excluding steroid dienone is 1. The molecule has 0 bridgehead atoms. The third-order valence-electron chi connectivity index (χ3n) is 1.51. The quantitative estimate of drug-likeness (QED) is 0.500. The average Bonchev–Trinajstić information content (AvgIpc) is 2.13. The summed E-state index contributed by atoms with van der Waals surface area (Å²) >= 11 is 0. The zero-order valence-corrected chi connectivity index (χ0v) is 7.87. The Morgan fingerprint density at radius 3 is 2.54 bits per heavy atom. The van der Waals surface area contributed by atoms with Crippen molar-refractivity contribution in [1.82, 2.24) is 0 Å². The molecule has 0 spiro atoms. The Labute approximate surface area is 77.2 Å². The van der Waals surface area contributed by atoms with Crippen LogP contribution in [-0.2, 0) is 14.3 Å². The van der Waals surface area contributed by atoms with Crippen molar-refractivity contribution in [3.8, 4) is 0 Å². The van der Waals surface area contributed by atoms with Crippen LogP contribution in [0.1, 0.15) is 20.3 Å². The molecule has 0 amide bonds. The number of aliphatic hydroxyl groups excluding tert-OH is 1. The van der Waals surface area contributed by atoms with Gasteiger partial charge in [0.1, 0.15) is 6.61 Å². The number of aliphatic hydroxyl groups is 1. The lowest BCUT2D eigenvalue weighted by Gasteiger charge is -2.02. The van der Waals surface area contributed by atoms with Gasteiger partial charge >= 0.3 is 5.97 Å². The van der Waals surface area contributed by atoms with Crippen LogP contribution >= 0.6 is 0 Å². The highest BCUT2D eigenvalue weighted by Gasteiger charge is 2.07. The Balaban J connectivity index is 3.77. The van der Waals surface area contributed by atoms with Gasteiger partial charge in [0.2, 0.25) is 0 Å². The molecule has 0 aromatic heterocycles. The Hall–Kier alpha value is -1.16. The first-order valence-corrected chi connectivity index (χ1v) is 4.04. The average molecular weight is 186 g/mol. The van der Waals surface area contributed by atoms with E-state index in [-0.39, 0.29) is 25.4 Å². The molecular formula is C9H14O4. The SMILES string of the molecule is CC=C(C)C(=O)OCC(=O)CCO. The van der Waals surface area contributed by atoms with E-state index in [4.69, 9.17) is 5.11 Å². The third kappa shape index (κ3) is 5.14. The fourth-order valence-electron chi connectivity index (χ4n) is 0.575. The molecule has 0 saturated carbocycles. The molecule has 0 aliphatic heterocycles. The molecule has 1 N–H and O–H groups in total. The molecule has 0 unspecified atom stereocenters. The van der Waals surface area contributed by atoms with E-state index < -0.39 is 5.97 Å². The number of carbonyl (C=O) groups excluding carboxylic acids is 2. The number of Topliss-reactive ketones (excluding diaryl/α,β-unsaturated/α-hetero) is 1. The van der Waals surface area contributed by atoms with Gasteiger partial charge in [0.15, 0.2) is 5.78 Å². The number of ketones is 1. The molecule has 0 radical (unpaired) electrons. The minimum absolute atomic E-state index is 0.0299. The van der Waals surface area contributed by atoms with Crippen LogP contribution in [-0.4, -0.2) is 30.1 Å². The summed E-state index contributed by atoms with van der Waals surface area (Å²) in [5, 5.41) is 8.38. The Morgan fingerprint density at radius 1 is 1.46 bits per heavy atom. The number of hydrogen-bond acceptors (Lipinski definition) is 4. The molecule has 0 heterocycles. The normalized spacial score (nSPS) is 11.2. The second-order valence-electron chi connectivity index (χ2n) is 2.56. The molecular weight excluding hydrogens is 172 g/mol. The first kappa shape index (κ1) is 11.8. The molecule has 0 aromatic rings. The zero-order chi connectivity index (χ0) is 10.3. The molecule has 0 saturated heterocycles. The minimum Gasteiger partial charge on any atom is -0.454 e. The zero-order valence-electron chi connectivity index (χ0n) is 7.87. The van der Waals surface area contributed by atoms with Crippen molar-refractivity contribution in [2.24, 2.45) is 0 Å². The van der Waals surface area contributed by atoms with Crippen molar-refractivity contribution in [2.75, 3.05) is 13.2 Å². The lowest BCUT2D eigenvalue weighted by Crippen LogP contribution is -2.15. The lowest BCUT2D eigenvalue weighted by atomic mass is 10.3. The highest BCUT2D eigenvalue weighted by Crippen LogP contribution is 1.96. The predicted octanol–water partition coefficient (Wildman–Crippen LogP) is 0.447. The van der Waals surface area contributed by atoms with Gasteiger partial charge in [-0.25, -0.2) is 4.79 Å². The number of carbonyl (C=O) groups is 2. The van der Waals surface area contributed by atoms with E-state index in [2.05, 4.69) is 4.74 Å². The van der Waals surface area contributed by atoms with Gasteiger partial charge in [-0.3, -0.25) is 4.79 Å². The maximum absolute atomic E-state index is 11.0. The first-order chi connectivity index (χ1) is 6.11. The van der Waals surface area contributed by atoms with E-state index in [1.165, 1.54) is 0 Å². The van der Waals surface area contributed by atoms with Gasteiger partial charge in [-0.2, -0.15) is 0 Å². The summed E-state index contributed by atoms with van der Waals surface area (Å²) in [7, 11) is 0. The van der Waals surface area contributed by atoms with Crippen molar-refractivity contribution in [1.29, 1.82) is 0 Å². The van der Waals surface area contributed by atoms with E-state index in [0.29, 0.717) is 5.57 Å². The predicted molar refractivity (Wildman–Crippen MR) is 47.1 cm³/mol. The molecule has 0 atom stereocenters. The molecule has 0 rings (SSSR count). The number of ether oxygens (including phenoxy) is 1. The second kappa shape index (κ2) is 6.37. The Bertz CT molecular complexity index is 218. The van der Waals surface area contributed by atoms with Crippen molar-refractivity contribution >= 4 is 11.8 Å². The van der Waals surface area contributed by atoms with Crippen LogP contribution < -0.4 is 0 Å². The van der Waals surface area contributed by atoms with Crippen LogP contribution in [0.5, 0.6) is 0 Å². The van der Waals surface area contributed by atoms with Crippen LogP contribution in [0.25, 0.3) is 0 Å². The maximum atomic E-state index is 11.0. The summed E-state index contributed by atoms with van der Waals surface area (Å²) in [5.41, 5.74) is 0.469. The van der Waals surface area contributed by atoms with Crippen LogP contribution in [0.3, 0.4) is 0 Å². The fourth-order valence-corrected chi connectivity index (χ4v) is 0.575. The monoisotopic (exact) mass is 186 g/mol. The third-order valence-corrected chi connectivity index (χ3v) is 1.51. The van der Waals surface area contributed by atoms with Crippen LogP contribution in [0.15, 0.2) is 11.6 Å². The van der Waals surface area contributed by atoms with Crippen molar-refractivity contribution in [2.45, 2.75) is 20.3 Å². The van der Waals surface area contributed by atoms with Gasteiger partial charge in [-0.15, -0.1) is 0 Å².